The first-order valence-corrected chi connectivity index (χ1v) is 7.77. The highest BCUT2D eigenvalue weighted by Gasteiger charge is 2.34. The van der Waals surface area contributed by atoms with Crippen LogP contribution in [0.5, 0.6) is 0 Å². The Labute approximate surface area is 142 Å². The predicted molar refractivity (Wildman–Crippen MR) is 89.1 cm³/mol. The van der Waals surface area contributed by atoms with Gasteiger partial charge in [-0.2, -0.15) is 0 Å². The number of carbonyl (C=O) groups is 2. The Morgan fingerprint density at radius 3 is 2.17 bits per heavy atom. The number of aliphatic hydroxyl groups is 2. The largest absolute Gasteiger partial charge is 0.445 e. The molecule has 7 nitrogen and oxygen atoms in total. The minimum Gasteiger partial charge on any atom is -0.445 e. The van der Waals surface area contributed by atoms with E-state index in [9.17, 15) is 9.59 Å². The highest BCUT2D eigenvalue weighted by atomic mass is 16.5. The summed E-state index contributed by atoms with van der Waals surface area (Å²) in [7, 11) is 0. The van der Waals surface area contributed by atoms with Crippen molar-refractivity contribution < 1.29 is 24.5 Å². The number of carbonyl (C=O) groups excluding carboxylic acids is 2. The van der Waals surface area contributed by atoms with Gasteiger partial charge in [0.2, 0.25) is 5.91 Å². The fourth-order valence-corrected chi connectivity index (χ4v) is 1.99. The van der Waals surface area contributed by atoms with Gasteiger partial charge in [-0.15, -0.1) is 0 Å². The molecule has 0 unspecified atom stereocenters. The Balaban J connectivity index is 2.65. The minimum absolute atomic E-state index is 0.0983. The van der Waals surface area contributed by atoms with Crippen molar-refractivity contribution in [3.63, 3.8) is 0 Å². The summed E-state index contributed by atoms with van der Waals surface area (Å²) in [5.41, 5.74) is 0.260. The van der Waals surface area contributed by atoms with E-state index in [1.165, 1.54) is 0 Å². The van der Waals surface area contributed by atoms with Crippen LogP contribution < -0.4 is 10.6 Å². The van der Waals surface area contributed by atoms with E-state index in [0.29, 0.717) is 0 Å². The Morgan fingerprint density at radius 2 is 1.67 bits per heavy atom. The zero-order valence-electron chi connectivity index (χ0n) is 14.3. The maximum Gasteiger partial charge on any atom is 0.408 e. The average molecular weight is 338 g/mol. The molecule has 0 saturated heterocycles. The van der Waals surface area contributed by atoms with Gasteiger partial charge in [0.25, 0.3) is 0 Å². The molecule has 1 atom stereocenters. The topological polar surface area (TPSA) is 108 Å². The van der Waals surface area contributed by atoms with Gasteiger partial charge in [0.1, 0.15) is 12.6 Å². The van der Waals surface area contributed by atoms with Crippen LogP contribution in [0.2, 0.25) is 0 Å². The van der Waals surface area contributed by atoms with Crippen LogP contribution in [0.3, 0.4) is 0 Å². The molecule has 0 bridgehead atoms. The molecule has 1 rings (SSSR count). The van der Waals surface area contributed by atoms with Crippen LogP contribution in [-0.4, -0.2) is 47.5 Å². The van der Waals surface area contributed by atoms with E-state index < -0.39 is 42.7 Å². The highest BCUT2D eigenvalue weighted by molar-refractivity contribution is 5.86. The van der Waals surface area contributed by atoms with E-state index in [4.69, 9.17) is 14.9 Å². The molecule has 0 aromatic heterocycles. The fourth-order valence-electron chi connectivity index (χ4n) is 1.99. The molecule has 1 aromatic rings. The molecule has 4 N–H and O–H groups in total. The van der Waals surface area contributed by atoms with Crippen LogP contribution in [0.15, 0.2) is 30.3 Å². The van der Waals surface area contributed by atoms with E-state index in [2.05, 4.69) is 10.6 Å². The summed E-state index contributed by atoms with van der Waals surface area (Å²) in [5, 5.41) is 23.2. The van der Waals surface area contributed by atoms with E-state index in [0.717, 1.165) is 5.56 Å². The lowest BCUT2D eigenvalue weighted by molar-refractivity contribution is -0.126. The summed E-state index contributed by atoms with van der Waals surface area (Å²) in [6.07, 6.45) is -0.710. The van der Waals surface area contributed by atoms with Gasteiger partial charge in [0.15, 0.2) is 0 Å². The second-order valence-corrected chi connectivity index (χ2v) is 6.58. The second kappa shape index (κ2) is 9.24. The zero-order valence-corrected chi connectivity index (χ0v) is 14.3. The lowest BCUT2D eigenvalue weighted by Gasteiger charge is -2.31. The molecule has 0 aliphatic heterocycles. The van der Waals surface area contributed by atoms with Crippen molar-refractivity contribution >= 4 is 12.0 Å². The first-order valence-electron chi connectivity index (χ1n) is 7.77. The van der Waals surface area contributed by atoms with Gasteiger partial charge in [-0.1, -0.05) is 51.1 Å². The molecular weight excluding hydrogens is 312 g/mol. The normalized spacial score (nSPS) is 12.6. The third-order valence-corrected chi connectivity index (χ3v) is 3.39. The van der Waals surface area contributed by atoms with Crippen LogP contribution in [0.25, 0.3) is 0 Å². The standard InChI is InChI=1S/C17H26N2O5/c1-17(2,3)14(15(22)18-13(9-20)10-21)19-16(23)24-11-12-7-5-4-6-8-12/h4-8,13-14,20-21H,9-11H2,1-3H3,(H,18,22)(H,19,23)/t14-/m1/s1. The van der Waals surface area contributed by atoms with Crippen molar-refractivity contribution in [3.8, 4) is 0 Å². The molecule has 134 valence electrons. The number of alkyl carbamates (subject to hydrolysis) is 1. The summed E-state index contributed by atoms with van der Waals surface area (Å²) in [6.45, 7) is 4.70. The molecule has 24 heavy (non-hydrogen) atoms. The molecule has 2 amide bonds. The summed E-state index contributed by atoms with van der Waals surface area (Å²) in [6, 6.07) is 7.55. The van der Waals surface area contributed by atoms with Gasteiger partial charge in [-0.05, 0) is 11.0 Å². The molecule has 0 spiro atoms. The van der Waals surface area contributed by atoms with Gasteiger partial charge in [0, 0.05) is 0 Å². The first kappa shape index (κ1) is 19.9. The minimum atomic E-state index is -0.874. The van der Waals surface area contributed by atoms with E-state index >= 15 is 0 Å². The SMILES string of the molecule is CC(C)(C)[C@H](NC(=O)OCc1ccccc1)C(=O)NC(CO)CO. The van der Waals surface area contributed by atoms with Gasteiger partial charge >= 0.3 is 6.09 Å². The quantitative estimate of drug-likeness (QED) is 0.588. The third-order valence-electron chi connectivity index (χ3n) is 3.39. The molecule has 7 heteroatoms. The maximum atomic E-state index is 12.3. The summed E-state index contributed by atoms with van der Waals surface area (Å²) < 4.78 is 5.13. The van der Waals surface area contributed by atoms with Crippen LogP contribution >= 0.6 is 0 Å². The fraction of sp³-hybridized carbons (Fsp3) is 0.529. The van der Waals surface area contributed by atoms with Gasteiger partial charge in [-0.3, -0.25) is 4.79 Å². The average Bonchev–Trinajstić information content (AvgIpc) is 2.55. The first-order chi connectivity index (χ1) is 11.3. The Kier molecular flexibility index (Phi) is 7.67. The van der Waals surface area contributed by atoms with Crippen LogP contribution in [-0.2, 0) is 16.1 Å². The summed E-state index contributed by atoms with van der Waals surface area (Å²) >= 11 is 0. The number of benzene rings is 1. The van der Waals surface area contributed by atoms with E-state index in [-0.39, 0.29) is 6.61 Å². The van der Waals surface area contributed by atoms with Gasteiger partial charge in [-0.25, -0.2) is 4.79 Å². The zero-order chi connectivity index (χ0) is 18.2. The van der Waals surface area contributed by atoms with Crippen molar-refractivity contribution in [1.82, 2.24) is 10.6 Å². The lowest BCUT2D eigenvalue weighted by atomic mass is 9.86. The predicted octanol–water partition coefficient (Wildman–Crippen LogP) is 0.797. The number of hydrogen-bond acceptors (Lipinski definition) is 5. The molecule has 0 radical (unpaired) electrons. The number of nitrogens with one attached hydrogen (secondary N) is 2. The molecule has 0 aliphatic rings. The van der Waals surface area contributed by atoms with Gasteiger partial charge < -0.3 is 25.6 Å². The number of amides is 2. The van der Waals surface area contributed by atoms with Crippen LogP contribution in [0.4, 0.5) is 4.79 Å². The third kappa shape index (κ3) is 6.55. The van der Waals surface area contributed by atoms with E-state index in [1.807, 2.05) is 30.3 Å². The van der Waals surface area contributed by atoms with Crippen molar-refractivity contribution in [2.45, 2.75) is 39.5 Å². The Morgan fingerprint density at radius 1 is 1.08 bits per heavy atom. The smallest absolute Gasteiger partial charge is 0.408 e. The number of aliphatic hydroxyl groups excluding tert-OH is 2. The summed E-state index contributed by atoms with van der Waals surface area (Å²) in [4.78, 5) is 24.3. The molecule has 1 aromatic carbocycles. The molecule has 0 aliphatic carbocycles. The maximum absolute atomic E-state index is 12.3. The molecule has 0 heterocycles. The lowest BCUT2D eigenvalue weighted by Crippen LogP contribution is -2.56. The van der Waals surface area contributed by atoms with Crippen molar-refractivity contribution in [1.29, 1.82) is 0 Å². The Bertz CT molecular complexity index is 524. The molecular formula is C17H26N2O5. The highest BCUT2D eigenvalue weighted by Crippen LogP contribution is 2.20. The monoisotopic (exact) mass is 338 g/mol. The number of rotatable bonds is 7. The van der Waals surface area contributed by atoms with Crippen molar-refractivity contribution in [2.75, 3.05) is 13.2 Å². The molecule has 0 fully saturated rings. The van der Waals surface area contributed by atoms with Crippen molar-refractivity contribution in [3.05, 3.63) is 35.9 Å². The number of ether oxygens (including phenoxy) is 1. The number of hydrogen-bond donors (Lipinski definition) is 4. The Hall–Kier alpha value is -2.12. The van der Waals surface area contributed by atoms with E-state index in [1.54, 1.807) is 20.8 Å². The second-order valence-electron chi connectivity index (χ2n) is 6.58. The summed E-state index contributed by atoms with van der Waals surface area (Å²) in [5.74, 6) is -0.493. The molecule has 0 saturated carbocycles. The van der Waals surface area contributed by atoms with Crippen LogP contribution in [0, 0.1) is 5.41 Å². The van der Waals surface area contributed by atoms with Crippen LogP contribution in [0.1, 0.15) is 26.3 Å². The van der Waals surface area contributed by atoms with Crippen molar-refractivity contribution in [2.24, 2.45) is 5.41 Å². The van der Waals surface area contributed by atoms with Gasteiger partial charge in [0.05, 0.1) is 19.3 Å².